The summed E-state index contributed by atoms with van der Waals surface area (Å²) in [5.74, 6) is -2.21. The normalized spacial score (nSPS) is 15.5. The van der Waals surface area contributed by atoms with Crippen LogP contribution in [0.2, 0.25) is 0 Å². The number of aromatic hydroxyl groups is 2. The van der Waals surface area contributed by atoms with Gasteiger partial charge in [-0.1, -0.05) is 30.3 Å². The van der Waals surface area contributed by atoms with Crippen molar-refractivity contribution in [1.82, 2.24) is 4.90 Å². The van der Waals surface area contributed by atoms with Gasteiger partial charge in [0.25, 0.3) is 0 Å². The molecule has 0 unspecified atom stereocenters. The lowest BCUT2D eigenvalue weighted by Crippen LogP contribution is -2.48. The first kappa shape index (κ1) is 22.6. The van der Waals surface area contributed by atoms with Crippen LogP contribution >= 0.6 is 0 Å². The van der Waals surface area contributed by atoms with Gasteiger partial charge in [0.15, 0.2) is 5.78 Å². The first-order valence-corrected chi connectivity index (χ1v) is 11.4. The number of benzene rings is 3. The molecule has 8 heteroatoms. The maximum atomic E-state index is 12.9. The molecule has 0 aromatic heterocycles. The molecule has 2 N–H and O–H groups in total. The molecule has 1 heterocycles. The second kappa shape index (κ2) is 9.23. The molecule has 35 heavy (non-hydrogen) atoms. The summed E-state index contributed by atoms with van der Waals surface area (Å²) in [5, 5.41) is 20.5. The fourth-order valence-corrected chi connectivity index (χ4v) is 4.62. The first-order valence-electron chi connectivity index (χ1n) is 11.4. The quantitative estimate of drug-likeness (QED) is 0.427. The Morgan fingerprint density at radius 2 is 1.51 bits per heavy atom. The molecule has 2 aliphatic rings. The summed E-state index contributed by atoms with van der Waals surface area (Å²) in [7, 11) is 0. The number of para-hydroxylation sites is 1. The number of carbonyl (C=O) groups is 3. The summed E-state index contributed by atoms with van der Waals surface area (Å²) in [5.41, 5.74) is 1.38. The van der Waals surface area contributed by atoms with E-state index in [0.717, 1.165) is 31.9 Å². The molecule has 5 rings (SSSR count). The largest absolute Gasteiger partial charge is 0.507 e. The standard InChI is InChI=1S/C27H24N2O6/c30-21-8-4-7-19-24(21)27(34)25-20(26(19)33)13-17(14-22(25)31)16-35-23(32)15-28-9-11-29(12-10-28)18-5-2-1-3-6-18/h1-8,13-14,30-31H,9-12,15-16H2. The Morgan fingerprint density at radius 1 is 0.800 bits per heavy atom. The number of hydrogen-bond donors (Lipinski definition) is 2. The average molecular weight is 472 g/mol. The summed E-state index contributed by atoms with van der Waals surface area (Å²) in [6.07, 6.45) is 0. The Hall–Kier alpha value is -4.17. The number of esters is 1. The average Bonchev–Trinajstić information content (AvgIpc) is 2.86. The minimum atomic E-state index is -0.622. The van der Waals surface area contributed by atoms with Gasteiger partial charge < -0.3 is 19.8 Å². The number of carbonyl (C=O) groups excluding carboxylic acids is 3. The van der Waals surface area contributed by atoms with Gasteiger partial charge in [0.1, 0.15) is 18.1 Å². The molecule has 1 aliphatic heterocycles. The lowest BCUT2D eigenvalue weighted by Gasteiger charge is -2.35. The third-order valence-corrected chi connectivity index (χ3v) is 6.41. The summed E-state index contributed by atoms with van der Waals surface area (Å²) in [4.78, 5) is 42.5. The molecule has 1 fully saturated rings. The lowest BCUT2D eigenvalue weighted by atomic mass is 9.82. The Kier molecular flexibility index (Phi) is 5.96. The molecule has 0 atom stereocenters. The van der Waals surface area contributed by atoms with E-state index in [0.29, 0.717) is 5.56 Å². The maximum absolute atomic E-state index is 12.9. The highest BCUT2D eigenvalue weighted by Gasteiger charge is 2.34. The first-order chi connectivity index (χ1) is 16.9. The van der Waals surface area contributed by atoms with Crippen LogP contribution in [0.3, 0.4) is 0 Å². The smallest absolute Gasteiger partial charge is 0.320 e. The van der Waals surface area contributed by atoms with Crippen molar-refractivity contribution in [1.29, 1.82) is 0 Å². The van der Waals surface area contributed by atoms with Gasteiger partial charge in [-0.05, 0) is 35.9 Å². The zero-order valence-corrected chi connectivity index (χ0v) is 18.9. The van der Waals surface area contributed by atoms with Crippen molar-refractivity contribution in [2.24, 2.45) is 0 Å². The molecule has 1 aliphatic carbocycles. The van der Waals surface area contributed by atoms with Crippen LogP contribution in [0, 0.1) is 0 Å². The van der Waals surface area contributed by atoms with Crippen LogP contribution in [0.5, 0.6) is 11.5 Å². The van der Waals surface area contributed by atoms with Crippen molar-refractivity contribution in [3.05, 3.63) is 88.5 Å². The van der Waals surface area contributed by atoms with Crippen LogP contribution in [0.25, 0.3) is 0 Å². The summed E-state index contributed by atoms with van der Waals surface area (Å²) in [6.45, 7) is 3.08. The molecule has 0 saturated carbocycles. The number of phenolic OH excluding ortho intramolecular Hbond substituents is 2. The number of ether oxygens (including phenoxy) is 1. The molecule has 0 amide bonds. The van der Waals surface area contributed by atoms with E-state index in [-0.39, 0.29) is 41.2 Å². The highest BCUT2D eigenvalue weighted by Crippen LogP contribution is 2.37. The Balaban J connectivity index is 1.21. The molecule has 0 spiro atoms. The van der Waals surface area contributed by atoms with E-state index in [9.17, 15) is 24.6 Å². The van der Waals surface area contributed by atoms with Crippen molar-refractivity contribution < 1.29 is 29.3 Å². The zero-order valence-electron chi connectivity index (χ0n) is 18.9. The Morgan fingerprint density at radius 3 is 2.26 bits per heavy atom. The molecule has 178 valence electrons. The minimum absolute atomic E-state index is 0.0242. The fourth-order valence-electron chi connectivity index (χ4n) is 4.62. The van der Waals surface area contributed by atoms with E-state index in [1.165, 1.54) is 30.3 Å². The SMILES string of the molecule is O=C(CN1CCN(c2ccccc2)CC1)OCc1cc(O)c2c(c1)C(=O)c1cccc(O)c1C2=O. The molecule has 0 bridgehead atoms. The topological polar surface area (TPSA) is 107 Å². The Labute approximate surface area is 202 Å². The monoisotopic (exact) mass is 472 g/mol. The number of phenols is 2. The number of piperazine rings is 1. The van der Waals surface area contributed by atoms with Crippen LogP contribution in [0.15, 0.2) is 60.7 Å². The van der Waals surface area contributed by atoms with E-state index >= 15 is 0 Å². The molecular weight excluding hydrogens is 448 g/mol. The molecule has 3 aromatic carbocycles. The third-order valence-electron chi connectivity index (χ3n) is 6.41. The van der Waals surface area contributed by atoms with Crippen molar-refractivity contribution in [3.8, 4) is 11.5 Å². The fraction of sp³-hybridized carbons (Fsp3) is 0.222. The lowest BCUT2D eigenvalue weighted by molar-refractivity contribution is -0.146. The second-order valence-corrected chi connectivity index (χ2v) is 8.65. The number of hydrogen-bond acceptors (Lipinski definition) is 8. The second-order valence-electron chi connectivity index (χ2n) is 8.65. The summed E-state index contributed by atoms with van der Waals surface area (Å²) in [6, 6.07) is 17.1. The number of rotatable bonds is 5. The van der Waals surface area contributed by atoms with Gasteiger partial charge in [0.2, 0.25) is 5.78 Å². The number of anilines is 1. The Bertz CT molecular complexity index is 1310. The molecule has 1 saturated heterocycles. The van der Waals surface area contributed by atoms with Gasteiger partial charge in [-0.2, -0.15) is 0 Å². The van der Waals surface area contributed by atoms with Crippen molar-refractivity contribution in [2.75, 3.05) is 37.6 Å². The van der Waals surface area contributed by atoms with Gasteiger partial charge in [0, 0.05) is 43.0 Å². The summed E-state index contributed by atoms with van der Waals surface area (Å²) >= 11 is 0. The van der Waals surface area contributed by atoms with Gasteiger partial charge >= 0.3 is 5.97 Å². The van der Waals surface area contributed by atoms with Crippen LogP contribution < -0.4 is 4.90 Å². The van der Waals surface area contributed by atoms with E-state index in [4.69, 9.17) is 4.74 Å². The highest BCUT2D eigenvalue weighted by atomic mass is 16.5. The molecule has 3 aromatic rings. The number of ketones is 2. The van der Waals surface area contributed by atoms with Gasteiger partial charge in [-0.3, -0.25) is 19.3 Å². The van der Waals surface area contributed by atoms with Crippen molar-refractivity contribution in [3.63, 3.8) is 0 Å². The third kappa shape index (κ3) is 4.36. The van der Waals surface area contributed by atoms with Crippen LogP contribution in [0.4, 0.5) is 5.69 Å². The van der Waals surface area contributed by atoms with E-state index in [2.05, 4.69) is 17.0 Å². The van der Waals surface area contributed by atoms with Crippen LogP contribution in [-0.2, 0) is 16.1 Å². The molecule has 0 radical (unpaired) electrons. The predicted molar refractivity (Wildman–Crippen MR) is 128 cm³/mol. The maximum Gasteiger partial charge on any atom is 0.320 e. The van der Waals surface area contributed by atoms with E-state index < -0.39 is 23.3 Å². The highest BCUT2D eigenvalue weighted by molar-refractivity contribution is 6.30. The van der Waals surface area contributed by atoms with E-state index in [1.54, 1.807) is 0 Å². The van der Waals surface area contributed by atoms with Crippen LogP contribution in [-0.4, -0.2) is 65.4 Å². The number of nitrogens with zero attached hydrogens (tertiary/aromatic N) is 2. The molecule has 8 nitrogen and oxygen atoms in total. The minimum Gasteiger partial charge on any atom is -0.507 e. The van der Waals surface area contributed by atoms with E-state index in [1.807, 2.05) is 23.1 Å². The molecular formula is C27H24N2O6. The number of fused-ring (bicyclic) bond motifs is 2. The van der Waals surface area contributed by atoms with Crippen LogP contribution in [0.1, 0.15) is 37.4 Å². The van der Waals surface area contributed by atoms with Gasteiger partial charge in [-0.15, -0.1) is 0 Å². The van der Waals surface area contributed by atoms with Gasteiger partial charge in [0.05, 0.1) is 17.7 Å². The van der Waals surface area contributed by atoms with Crippen molar-refractivity contribution >= 4 is 23.2 Å². The van der Waals surface area contributed by atoms with Crippen molar-refractivity contribution in [2.45, 2.75) is 6.61 Å². The van der Waals surface area contributed by atoms with Gasteiger partial charge in [-0.25, -0.2) is 0 Å². The predicted octanol–water partition coefficient (Wildman–Crippen LogP) is 2.74. The summed E-state index contributed by atoms with van der Waals surface area (Å²) < 4.78 is 5.40. The zero-order chi connectivity index (χ0) is 24.5.